The number of halogens is 1. The van der Waals surface area contributed by atoms with Gasteiger partial charge in [0.15, 0.2) is 0 Å². The van der Waals surface area contributed by atoms with E-state index in [1.54, 1.807) is 6.20 Å². The topological polar surface area (TPSA) is 78.9 Å². The van der Waals surface area contributed by atoms with Crippen LogP contribution in [0.5, 0.6) is 5.88 Å². The maximum absolute atomic E-state index is 6.35. The SMILES string of the molecule is N[C@@H]1Cc2cc(Cl)ccc2-n2c(nnc2[C@H]2CC[C@H](Oc3ccccn3)CC2)C1. The summed E-state index contributed by atoms with van der Waals surface area (Å²) in [5.74, 6) is 3.04. The van der Waals surface area contributed by atoms with Crippen LogP contribution in [0.4, 0.5) is 0 Å². The second kappa shape index (κ2) is 7.76. The number of benzene rings is 1. The fourth-order valence-corrected chi connectivity index (χ4v) is 4.74. The normalized spacial score (nSPS) is 23.7. The molecule has 0 bridgehead atoms. The number of nitrogens with two attached hydrogens (primary N) is 1. The largest absolute Gasteiger partial charge is 0.474 e. The van der Waals surface area contributed by atoms with E-state index < -0.39 is 0 Å². The number of rotatable bonds is 3. The Balaban J connectivity index is 1.38. The van der Waals surface area contributed by atoms with Gasteiger partial charge in [-0.25, -0.2) is 4.98 Å². The zero-order valence-electron chi connectivity index (χ0n) is 16.2. The highest BCUT2D eigenvalue weighted by Gasteiger charge is 2.31. The van der Waals surface area contributed by atoms with Gasteiger partial charge in [0.2, 0.25) is 5.88 Å². The summed E-state index contributed by atoms with van der Waals surface area (Å²) < 4.78 is 8.28. The summed E-state index contributed by atoms with van der Waals surface area (Å²) in [7, 11) is 0. The van der Waals surface area contributed by atoms with Crippen LogP contribution >= 0.6 is 11.6 Å². The fourth-order valence-electron chi connectivity index (χ4n) is 4.54. The summed E-state index contributed by atoms with van der Waals surface area (Å²) in [6.07, 6.45) is 7.48. The van der Waals surface area contributed by atoms with Gasteiger partial charge in [0.05, 0.1) is 5.69 Å². The molecule has 6 nitrogen and oxygen atoms in total. The lowest BCUT2D eigenvalue weighted by Gasteiger charge is -2.28. The number of hydrogen-bond donors (Lipinski definition) is 1. The van der Waals surface area contributed by atoms with Gasteiger partial charge in [-0.15, -0.1) is 10.2 Å². The van der Waals surface area contributed by atoms with Crippen molar-refractivity contribution in [2.45, 2.75) is 56.6 Å². The zero-order chi connectivity index (χ0) is 19.8. The van der Waals surface area contributed by atoms with Crippen molar-refractivity contribution in [3.8, 4) is 11.6 Å². The van der Waals surface area contributed by atoms with Crippen molar-refractivity contribution in [1.82, 2.24) is 19.7 Å². The Labute approximate surface area is 175 Å². The molecule has 3 heterocycles. The molecule has 0 radical (unpaired) electrons. The number of pyridine rings is 1. The zero-order valence-corrected chi connectivity index (χ0v) is 16.9. The molecule has 29 heavy (non-hydrogen) atoms. The fraction of sp³-hybridized carbons (Fsp3) is 0.409. The van der Waals surface area contributed by atoms with E-state index in [1.807, 2.05) is 30.3 Å². The predicted molar refractivity (Wildman–Crippen MR) is 112 cm³/mol. The highest BCUT2D eigenvalue weighted by Crippen LogP contribution is 2.36. The minimum absolute atomic E-state index is 0.0213. The Morgan fingerprint density at radius 3 is 2.69 bits per heavy atom. The number of nitrogens with zero attached hydrogens (tertiary/aromatic N) is 4. The van der Waals surface area contributed by atoms with Crippen molar-refractivity contribution in [1.29, 1.82) is 0 Å². The van der Waals surface area contributed by atoms with E-state index in [9.17, 15) is 0 Å². The second-order valence-electron chi connectivity index (χ2n) is 8.01. The summed E-state index contributed by atoms with van der Waals surface area (Å²) in [5.41, 5.74) is 8.63. The van der Waals surface area contributed by atoms with E-state index in [1.165, 1.54) is 0 Å². The third-order valence-electron chi connectivity index (χ3n) is 5.93. The van der Waals surface area contributed by atoms with Gasteiger partial charge >= 0.3 is 0 Å². The molecule has 7 heteroatoms. The van der Waals surface area contributed by atoms with Crippen LogP contribution in [0.3, 0.4) is 0 Å². The quantitative estimate of drug-likeness (QED) is 0.710. The molecule has 0 saturated heterocycles. The number of ether oxygens (including phenoxy) is 1. The molecule has 0 spiro atoms. The third kappa shape index (κ3) is 3.74. The first kappa shape index (κ1) is 18.6. The number of aromatic nitrogens is 4. The summed E-state index contributed by atoms with van der Waals surface area (Å²) in [5, 5.41) is 9.85. The molecule has 1 atom stereocenters. The molecule has 1 aliphatic heterocycles. The lowest BCUT2D eigenvalue weighted by molar-refractivity contribution is 0.139. The number of hydrogen-bond acceptors (Lipinski definition) is 5. The Kier molecular flexibility index (Phi) is 4.97. The van der Waals surface area contributed by atoms with Crippen LogP contribution in [0.1, 0.15) is 48.8 Å². The van der Waals surface area contributed by atoms with Crippen LogP contribution in [0.25, 0.3) is 5.69 Å². The lowest BCUT2D eigenvalue weighted by atomic mass is 9.86. The predicted octanol–water partition coefficient (Wildman–Crippen LogP) is 3.85. The summed E-state index contributed by atoms with van der Waals surface area (Å²) in [6, 6.07) is 11.8. The summed E-state index contributed by atoms with van der Waals surface area (Å²) in [4.78, 5) is 4.28. The van der Waals surface area contributed by atoms with E-state index in [4.69, 9.17) is 22.1 Å². The first-order valence-corrected chi connectivity index (χ1v) is 10.6. The van der Waals surface area contributed by atoms with E-state index >= 15 is 0 Å². The van der Waals surface area contributed by atoms with Crippen molar-refractivity contribution in [2.75, 3.05) is 0 Å². The van der Waals surface area contributed by atoms with Gasteiger partial charge < -0.3 is 10.5 Å². The van der Waals surface area contributed by atoms with Crippen LogP contribution < -0.4 is 10.5 Å². The molecule has 0 unspecified atom stereocenters. The third-order valence-corrected chi connectivity index (χ3v) is 6.16. The van der Waals surface area contributed by atoms with Gasteiger partial charge in [-0.3, -0.25) is 4.57 Å². The average Bonchev–Trinajstić information content (AvgIpc) is 3.06. The first-order valence-electron chi connectivity index (χ1n) is 10.2. The van der Waals surface area contributed by atoms with E-state index in [0.717, 1.165) is 66.4 Å². The summed E-state index contributed by atoms with van der Waals surface area (Å²) >= 11 is 6.25. The van der Waals surface area contributed by atoms with Gasteiger partial charge in [-0.1, -0.05) is 17.7 Å². The van der Waals surface area contributed by atoms with Crippen molar-refractivity contribution < 1.29 is 4.74 Å². The molecular weight excluding hydrogens is 386 g/mol. The van der Waals surface area contributed by atoms with Gasteiger partial charge in [0, 0.05) is 35.7 Å². The molecule has 1 aliphatic carbocycles. The van der Waals surface area contributed by atoms with Gasteiger partial charge in [-0.2, -0.15) is 0 Å². The molecule has 3 aromatic rings. The standard InChI is InChI=1S/C22H24ClN5O/c23-16-6-9-19-15(11-16)12-17(24)13-20-26-27-22(28(19)20)14-4-7-18(8-5-14)29-21-3-1-2-10-25-21/h1-3,6,9-11,14,17-18H,4-5,7-8,12-13,24H2/t14-,17-,18-/m1/s1. The molecule has 5 rings (SSSR count). The molecular formula is C22H24ClN5O. The lowest BCUT2D eigenvalue weighted by Crippen LogP contribution is -2.25. The Morgan fingerprint density at radius 1 is 1.03 bits per heavy atom. The molecule has 150 valence electrons. The Hall–Kier alpha value is -2.44. The van der Waals surface area contributed by atoms with Crippen molar-refractivity contribution >= 4 is 11.6 Å². The maximum Gasteiger partial charge on any atom is 0.213 e. The second-order valence-corrected chi connectivity index (χ2v) is 8.45. The van der Waals surface area contributed by atoms with Crippen LogP contribution in [-0.2, 0) is 12.8 Å². The molecule has 2 N–H and O–H groups in total. The van der Waals surface area contributed by atoms with Crippen LogP contribution in [-0.4, -0.2) is 31.9 Å². The van der Waals surface area contributed by atoms with Crippen LogP contribution in [0, 0.1) is 0 Å². The maximum atomic E-state index is 6.35. The van der Waals surface area contributed by atoms with Gasteiger partial charge in [0.1, 0.15) is 17.8 Å². The van der Waals surface area contributed by atoms with Crippen molar-refractivity contribution in [2.24, 2.45) is 5.73 Å². The molecule has 2 aliphatic rings. The van der Waals surface area contributed by atoms with Crippen molar-refractivity contribution in [3.05, 3.63) is 64.8 Å². The Bertz CT molecular complexity index is 998. The molecule has 2 aromatic heterocycles. The van der Waals surface area contributed by atoms with E-state index in [0.29, 0.717) is 11.8 Å². The molecule has 0 amide bonds. The molecule has 1 aromatic carbocycles. The molecule has 1 fully saturated rings. The number of fused-ring (bicyclic) bond motifs is 3. The van der Waals surface area contributed by atoms with E-state index in [2.05, 4.69) is 25.8 Å². The minimum Gasteiger partial charge on any atom is -0.474 e. The van der Waals surface area contributed by atoms with E-state index in [-0.39, 0.29) is 12.1 Å². The van der Waals surface area contributed by atoms with Crippen molar-refractivity contribution in [3.63, 3.8) is 0 Å². The van der Waals surface area contributed by atoms with Gasteiger partial charge in [-0.05, 0) is 61.9 Å². The Morgan fingerprint density at radius 2 is 1.90 bits per heavy atom. The average molecular weight is 410 g/mol. The van der Waals surface area contributed by atoms with Gasteiger partial charge in [0.25, 0.3) is 0 Å². The highest BCUT2D eigenvalue weighted by atomic mass is 35.5. The smallest absolute Gasteiger partial charge is 0.213 e. The van der Waals surface area contributed by atoms with Crippen LogP contribution in [0.15, 0.2) is 42.6 Å². The first-order chi connectivity index (χ1) is 14.2. The molecule has 1 saturated carbocycles. The minimum atomic E-state index is 0.0213. The monoisotopic (exact) mass is 409 g/mol. The van der Waals surface area contributed by atoms with Crippen LogP contribution in [0.2, 0.25) is 5.02 Å². The summed E-state index contributed by atoms with van der Waals surface area (Å²) in [6.45, 7) is 0. The highest BCUT2D eigenvalue weighted by molar-refractivity contribution is 6.30.